The summed E-state index contributed by atoms with van der Waals surface area (Å²) in [7, 11) is 0. The number of alkyl halides is 3. The lowest BCUT2D eigenvalue weighted by molar-refractivity contribution is -0.137. The lowest BCUT2D eigenvalue weighted by Gasteiger charge is -2.10. The summed E-state index contributed by atoms with van der Waals surface area (Å²) >= 11 is 7.24. The third-order valence-electron chi connectivity index (χ3n) is 2.75. The Kier molecular flexibility index (Phi) is 4.40. The molecule has 7 heteroatoms. The van der Waals surface area contributed by atoms with E-state index in [9.17, 15) is 13.2 Å². The van der Waals surface area contributed by atoms with E-state index in [4.69, 9.17) is 11.6 Å². The van der Waals surface area contributed by atoms with Crippen LogP contribution in [0.15, 0.2) is 17.3 Å². The molecule has 1 aromatic heterocycles. The molecule has 0 bridgehead atoms. The van der Waals surface area contributed by atoms with Crippen molar-refractivity contribution in [2.24, 2.45) is 5.92 Å². The smallest absolute Gasteiger partial charge is 0.316 e. The Labute approximate surface area is 112 Å². The minimum atomic E-state index is -4.39. The van der Waals surface area contributed by atoms with Gasteiger partial charge >= 0.3 is 6.18 Å². The molecule has 18 heavy (non-hydrogen) atoms. The van der Waals surface area contributed by atoms with E-state index in [0.29, 0.717) is 10.9 Å². The van der Waals surface area contributed by atoms with Gasteiger partial charge in [-0.2, -0.15) is 13.2 Å². The Morgan fingerprint density at radius 2 is 2.28 bits per heavy atom. The standard InChI is InChI=1S/C11H12ClF3N2S/c12-9-3-8(11(13,14)15)5-17-10(9)18-6-7-1-2-16-4-7/h3,5,7,16H,1-2,4,6H2. The van der Waals surface area contributed by atoms with Crippen molar-refractivity contribution in [3.05, 3.63) is 22.8 Å². The molecule has 1 fully saturated rings. The number of hydrogen-bond acceptors (Lipinski definition) is 3. The summed E-state index contributed by atoms with van der Waals surface area (Å²) in [5, 5.41) is 3.78. The van der Waals surface area contributed by atoms with Gasteiger partial charge in [0.25, 0.3) is 0 Å². The fourth-order valence-corrected chi connectivity index (χ4v) is 3.07. The van der Waals surface area contributed by atoms with Crippen molar-refractivity contribution >= 4 is 23.4 Å². The quantitative estimate of drug-likeness (QED) is 0.865. The third kappa shape index (κ3) is 3.52. The fraction of sp³-hybridized carbons (Fsp3) is 0.545. The predicted molar refractivity (Wildman–Crippen MR) is 65.9 cm³/mol. The van der Waals surface area contributed by atoms with E-state index in [1.54, 1.807) is 0 Å². The molecular weight excluding hydrogens is 285 g/mol. The van der Waals surface area contributed by atoms with Crippen LogP contribution in [0.1, 0.15) is 12.0 Å². The van der Waals surface area contributed by atoms with Gasteiger partial charge in [0, 0.05) is 11.9 Å². The highest BCUT2D eigenvalue weighted by Crippen LogP contribution is 2.34. The van der Waals surface area contributed by atoms with Crippen LogP contribution in [0.5, 0.6) is 0 Å². The highest BCUT2D eigenvalue weighted by atomic mass is 35.5. The van der Waals surface area contributed by atoms with E-state index in [-0.39, 0.29) is 5.02 Å². The first kappa shape index (κ1) is 14.0. The Morgan fingerprint density at radius 3 is 2.83 bits per heavy atom. The van der Waals surface area contributed by atoms with E-state index >= 15 is 0 Å². The number of halogens is 4. The topological polar surface area (TPSA) is 24.9 Å². The second-order valence-electron chi connectivity index (χ2n) is 4.18. The average molecular weight is 297 g/mol. The first-order valence-electron chi connectivity index (χ1n) is 5.53. The second-order valence-corrected chi connectivity index (χ2v) is 5.59. The van der Waals surface area contributed by atoms with Crippen molar-refractivity contribution in [2.75, 3.05) is 18.8 Å². The van der Waals surface area contributed by atoms with Gasteiger partial charge in [-0.1, -0.05) is 11.6 Å². The normalized spacial score (nSPS) is 20.3. The van der Waals surface area contributed by atoms with Crippen molar-refractivity contribution in [3.8, 4) is 0 Å². The summed E-state index contributed by atoms with van der Waals surface area (Å²) in [6.45, 7) is 1.95. The Balaban J connectivity index is 2.01. The van der Waals surface area contributed by atoms with Gasteiger partial charge in [0.05, 0.1) is 10.6 Å². The molecule has 0 amide bonds. The highest BCUT2D eigenvalue weighted by molar-refractivity contribution is 7.99. The van der Waals surface area contributed by atoms with Gasteiger partial charge in [-0.25, -0.2) is 4.98 Å². The van der Waals surface area contributed by atoms with Crippen molar-refractivity contribution < 1.29 is 13.2 Å². The molecule has 0 saturated carbocycles. The molecule has 1 atom stereocenters. The van der Waals surface area contributed by atoms with E-state index in [0.717, 1.165) is 37.5 Å². The van der Waals surface area contributed by atoms with Crippen LogP contribution in [-0.2, 0) is 6.18 Å². The number of pyridine rings is 1. The van der Waals surface area contributed by atoms with Crippen LogP contribution in [0.25, 0.3) is 0 Å². The predicted octanol–water partition coefficient (Wildman–Crippen LogP) is 3.46. The molecular formula is C11H12ClF3N2S. The molecule has 2 heterocycles. The summed E-state index contributed by atoms with van der Waals surface area (Å²) in [5.41, 5.74) is -0.806. The van der Waals surface area contributed by atoms with Gasteiger partial charge in [0.2, 0.25) is 0 Å². The van der Waals surface area contributed by atoms with E-state index < -0.39 is 11.7 Å². The molecule has 1 aliphatic rings. The zero-order valence-electron chi connectivity index (χ0n) is 9.43. The van der Waals surface area contributed by atoms with Gasteiger partial charge in [0.15, 0.2) is 0 Å². The number of nitrogens with one attached hydrogen (secondary N) is 1. The summed E-state index contributed by atoms with van der Waals surface area (Å²) in [6, 6.07) is 0.934. The number of aromatic nitrogens is 1. The molecule has 1 aliphatic heterocycles. The van der Waals surface area contributed by atoms with E-state index in [1.807, 2.05) is 0 Å². The van der Waals surface area contributed by atoms with Crippen LogP contribution in [-0.4, -0.2) is 23.8 Å². The van der Waals surface area contributed by atoms with E-state index in [1.165, 1.54) is 11.8 Å². The zero-order chi connectivity index (χ0) is 13.2. The van der Waals surface area contributed by atoms with Crippen LogP contribution in [0, 0.1) is 5.92 Å². The summed E-state index contributed by atoms with van der Waals surface area (Å²) in [5.74, 6) is 1.36. The van der Waals surface area contributed by atoms with E-state index in [2.05, 4.69) is 10.3 Å². The lowest BCUT2D eigenvalue weighted by atomic mass is 10.2. The highest BCUT2D eigenvalue weighted by Gasteiger charge is 2.31. The van der Waals surface area contributed by atoms with Gasteiger partial charge in [0.1, 0.15) is 5.03 Å². The third-order valence-corrected chi connectivity index (χ3v) is 4.39. The summed E-state index contributed by atoms with van der Waals surface area (Å²) < 4.78 is 37.3. The fourth-order valence-electron chi connectivity index (χ4n) is 1.74. The van der Waals surface area contributed by atoms with Crippen molar-refractivity contribution in [1.82, 2.24) is 10.3 Å². The summed E-state index contributed by atoms with van der Waals surface area (Å²) in [4.78, 5) is 3.80. The number of rotatable bonds is 3. The van der Waals surface area contributed by atoms with Crippen LogP contribution in [0.2, 0.25) is 5.02 Å². The largest absolute Gasteiger partial charge is 0.417 e. The molecule has 2 rings (SSSR count). The van der Waals surface area contributed by atoms with Crippen molar-refractivity contribution in [1.29, 1.82) is 0 Å². The van der Waals surface area contributed by atoms with Gasteiger partial charge in [-0.15, -0.1) is 11.8 Å². The molecule has 0 aromatic carbocycles. The molecule has 1 N–H and O–H groups in total. The molecule has 1 unspecified atom stereocenters. The van der Waals surface area contributed by atoms with Crippen LogP contribution in [0.4, 0.5) is 13.2 Å². The zero-order valence-corrected chi connectivity index (χ0v) is 11.0. The van der Waals surface area contributed by atoms with Crippen molar-refractivity contribution in [2.45, 2.75) is 17.6 Å². The first-order valence-corrected chi connectivity index (χ1v) is 6.89. The molecule has 1 saturated heterocycles. The van der Waals surface area contributed by atoms with Crippen LogP contribution in [0.3, 0.4) is 0 Å². The Bertz CT molecular complexity index is 419. The number of hydrogen-bond donors (Lipinski definition) is 1. The second kappa shape index (κ2) is 5.67. The van der Waals surface area contributed by atoms with Gasteiger partial charge < -0.3 is 5.32 Å². The molecule has 2 nitrogen and oxygen atoms in total. The lowest BCUT2D eigenvalue weighted by Crippen LogP contribution is -2.10. The minimum Gasteiger partial charge on any atom is -0.316 e. The van der Waals surface area contributed by atoms with Crippen LogP contribution < -0.4 is 5.32 Å². The molecule has 0 radical (unpaired) electrons. The van der Waals surface area contributed by atoms with Crippen LogP contribution >= 0.6 is 23.4 Å². The number of nitrogens with zero attached hydrogens (tertiary/aromatic N) is 1. The molecule has 100 valence electrons. The SMILES string of the molecule is FC(F)(F)c1cnc(SCC2CCNC2)c(Cl)c1. The molecule has 0 aliphatic carbocycles. The molecule has 0 spiro atoms. The van der Waals surface area contributed by atoms with Gasteiger partial charge in [-0.3, -0.25) is 0 Å². The monoisotopic (exact) mass is 296 g/mol. The Hall–Kier alpha value is -0.460. The maximum Gasteiger partial charge on any atom is 0.417 e. The Morgan fingerprint density at radius 1 is 1.50 bits per heavy atom. The first-order chi connectivity index (χ1) is 8.47. The summed E-state index contributed by atoms with van der Waals surface area (Å²) in [6.07, 6.45) is -2.47. The minimum absolute atomic E-state index is 0.0702. The molecule has 1 aromatic rings. The average Bonchev–Trinajstić information content (AvgIpc) is 2.79. The number of thioether (sulfide) groups is 1. The maximum absolute atomic E-state index is 12.4. The maximum atomic E-state index is 12.4. The van der Waals surface area contributed by atoms with Gasteiger partial charge in [-0.05, 0) is 31.5 Å². The van der Waals surface area contributed by atoms with Crippen molar-refractivity contribution in [3.63, 3.8) is 0 Å².